The Morgan fingerprint density at radius 1 is 1.15 bits per heavy atom. The summed E-state index contributed by atoms with van der Waals surface area (Å²) in [5.74, 6) is -0.372. The monoisotopic (exact) mass is 293 g/mol. The predicted molar refractivity (Wildman–Crippen MR) is 68.0 cm³/mol. The maximum Gasteiger partial charge on any atom is 0.389 e. The van der Waals surface area contributed by atoms with Crippen LogP contribution in [0.15, 0.2) is 0 Å². The predicted octanol–water partition coefficient (Wildman–Crippen LogP) is 2.87. The van der Waals surface area contributed by atoms with Gasteiger partial charge in [0.05, 0.1) is 12.5 Å². The highest BCUT2D eigenvalue weighted by atomic mass is 19.4. The van der Waals surface area contributed by atoms with Gasteiger partial charge in [0.15, 0.2) is 0 Å². The van der Waals surface area contributed by atoms with E-state index in [1.807, 2.05) is 0 Å². The van der Waals surface area contributed by atoms with E-state index in [4.69, 9.17) is 0 Å². The first-order valence-corrected chi connectivity index (χ1v) is 7.43. The second-order valence-corrected chi connectivity index (χ2v) is 5.93. The number of amides is 1. The highest BCUT2D eigenvalue weighted by Gasteiger charge is 2.39. The average Bonchev–Trinajstić information content (AvgIpc) is 2.84. The highest BCUT2D eigenvalue weighted by molar-refractivity contribution is 5.76. The van der Waals surface area contributed by atoms with Gasteiger partial charge < -0.3 is 10.0 Å². The molecule has 2 aliphatic rings. The number of alkyl halides is 3. The van der Waals surface area contributed by atoms with Crippen LogP contribution in [-0.2, 0) is 4.79 Å². The number of carbonyl (C=O) groups is 1. The van der Waals surface area contributed by atoms with E-state index in [1.165, 1.54) is 0 Å². The largest absolute Gasteiger partial charge is 0.393 e. The Hall–Kier alpha value is -0.780. The molecule has 0 spiro atoms. The Labute approximate surface area is 117 Å². The Kier molecular flexibility index (Phi) is 4.94. The van der Waals surface area contributed by atoms with E-state index in [1.54, 1.807) is 4.90 Å². The third-order valence-corrected chi connectivity index (χ3v) is 4.52. The van der Waals surface area contributed by atoms with Crippen LogP contribution < -0.4 is 0 Å². The van der Waals surface area contributed by atoms with Crippen molar-refractivity contribution in [1.29, 1.82) is 0 Å². The molecule has 2 fully saturated rings. The first-order valence-electron chi connectivity index (χ1n) is 7.43. The zero-order valence-corrected chi connectivity index (χ0v) is 11.5. The molecule has 1 aliphatic heterocycles. The Bertz CT molecular complexity index is 346. The van der Waals surface area contributed by atoms with Crippen molar-refractivity contribution in [3.8, 4) is 0 Å². The molecule has 1 saturated carbocycles. The van der Waals surface area contributed by atoms with Gasteiger partial charge >= 0.3 is 6.18 Å². The van der Waals surface area contributed by atoms with Crippen molar-refractivity contribution in [1.82, 2.24) is 4.90 Å². The van der Waals surface area contributed by atoms with E-state index in [2.05, 4.69) is 0 Å². The average molecular weight is 293 g/mol. The van der Waals surface area contributed by atoms with Gasteiger partial charge in [-0.2, -0.15) is 13.2 Å². The van der Waals surface area contributed by atoms with Crippen LogP contribution in [0.1, 0.15) is 51.4 Å². The van der Waals surface area contributed by atoms with E-state index in [-0.39, 0.29) is 12.0 Å². The molecule has 3 atom stereocenters. The van der Waals surface area contributed by atoms with Crippen molar-refractivity contribution in [3.63, 3.8) is 0 Å². The SMILES string of the molecule is O=C(CCC(F)(F)F)N1CCC[C@@H]1[C@@H]1CCCC[C@H]1O. The van der Waals surface area contributed by atoms with Crippen LogP contribution in [0.2, 0.25) is 0 Å². The summed E-state index contributed by atoms with van der Waals surface area (Å²) < 4.78 is 36.6. The van der Waals surface area contributed by atoms with E-state index in [0.29, 0.717) is 6.54 Å². The number of hydrogen-bond donors (Lipinski definition) is 1. The van der Waals surface area contributed by atoms with Gasteiger partial charge in [0.1, 0.15) is 0 Å². The summed E-state index contributed by atoms with van der Waals surface area (Å²) in [4.78, 5) is 13.6. The van der Waals surface area contributed by atoms with Crippen molar-refractivity contribution >= 4 is 5.91 Å². The molecular weight excluding hydrogens is 271 g/mol. The number of halogens is 3. The molecule has 1 amide bonds. The molecule has 1 aliphatic carbocycles. The fourth-order valence-corrected chi connectivity index (χ4v) is 3.53. The third kappa shape index (κ3) is 3.87. The second-order valence-electron chi connectivity index (χ2n) is 5.93. The molecule has 0 aromatic rings. The maximum absolute atomic E-state index is 12.2. The molecule has 20 heavy (non-hydrogen) atoms. The van der Waals surface area contributed by atoms with Crippen LogP contribution in [-0.4, -0.2) is 40.8 Å². The smallest absolute Gasteiger partial charge is 0.389 e. The summed E-state index contributed by atoms with van der Waals surface area (Å²) >= 11 is 0. The molecule has 0 aromatic heterocycles. The first kappa shape index (κ1) is 15.6. The number of hydrogen-bond acceptors (Lipinski definition) is 2. The minimum Gasteiger partial charge on any atom is -0.393 e. The molecule has 0 bridgehead atoms. The molecule has 1 heterocycles. The molecule has 1 saturated heterocycles. The van der Waals surface area contributed by atoms with Crippen LogP contribution in [0.25, 0.3) is 0 Å². The number of aliphatic hydroxyl groups is 1. The molecule has 116 valence electrons. The molecule has 2 rings (SSSR count). The van der Waals surface area contributed by atoms with Crippen LogP contribution in [0, 0.1) is 5.92 Å². The van der Waals surface area contributed by atoms with Crippen molar-refractivity contribution in [2.75, 3.05) is 6.54 Å². The van der Waals surface area contributed by atoms with Gasteiger partial charge in [-0.25, -0.2) is 0 Å². The van der Waals surface area contributed by atoms with Crippen LogP contribution in [0.5, 0.6) is 0 Å². The van der Waals surface area contributed by atoms with Crippen molar-refractivity contribution in [3.05, 3.63) is 0 Å². The quantitative estimate of drug-likeness (QED) is 0.869. The summed E-state index contributed by atoms with van der Waals surface area (Å²) in [6.07, 6.45) is -0.953. The number of likely N-dealkylation sites (tertiary alicyclic amines) is 1. The van der Waals surface area contributed by atoms with Crippen molar-refractivity contribution < 1.29 is 23.1 Å². The van der Waals surface area contributed by atoms with Gasteiger partial charge in [-0.3, -0.25) is 4.79 Å². The molecule has 0 radical (unpaired) electrons. The van der Waals surface area contributed by atoms with Crippen molar-refractivity contribution in [2.24, 2.45) is 5.92 Å². The zero-order valence-electron chi connectivity index (χ0n) is 11.5. The topological polar surface area (TPSA) is 40.5 Å². The standard InChI is InChI=1S/C14H22F3NO2/c15-14(16,17)8-7-13(20)18-9-3-5-11(18)10-4-1-2-6-12(10)19/h10-12,19H,1-9H2/t10-,11+,12+/m0/s1. The maximum atomic E-state index is 12.2. The Balaban J connectivity index is 1.94. The van der Waals surface area contributed by atoms with Gasteiger partial charge in [-0.15, -0.1) is 0 Å². The van der Waals surface area contributed by atoms with E-state index >= 15 is 0 Å². The van der Waals surface area contributed by atoms with Gasteiger partial charge in [-0.1, -0.05) is 12.8 Å². The molecule has 0 unspecified atom stereocenters. The Morgan fingerprint density at radius 3 is 2.50 bits per heavy atom. The number of carbonyl (C=O) groups excluding carboxylic acids is 1. The molecular formula is C14H22F3NO2. The number of nitrogens with zero attached hydrogens (tertiary/aromatic N) is 1. The third-order valence-electron chi connectivity index (χ3n) is 4.52. The van der Waals surface area contributed by atoms with Crippen molar-refractivity contribution in [2.45, 2.75) is 69.7 Å². The normalized spacial score (nSPS) is 31.6. The van der Waals surface area contributed by atoms with Gasteiger partial charge in [-0.05, 0) is 25.7 Å². The lowest BCUT2D eigenvalue weighted by molar-refractivity contribution is -0.150. The minimum absolute atomic E-state index is 0.0427. The lowest BCUT2D eigenvalue weighted by Gasteiger charge is -2.37. The zero-order chi connectivity index (χ0) is 14.8. The van der Waals surface area contributed by atoms with Gasteiger partial charge in [0, 0.05) is 24.9 Å². The first-order chi connectivity index (χ1) is 9.38. The summed E-state index contributed by atoms with van der Waals surface area (Å²) in [6, 6.07) is -0.0639. The fourth-order valence-electron chi connectivity index (χ4n) is 3.53. The molecule has 0 aromatic carbocycles. The second kappa shape index (κ2) is 6.33. The van der Waals surface area contributed by atoms with E-state index < -0.39 is 31.0 Å². The Morgan fingerprint density at radius 2 is 1.85 bits per heavy atom. The summed E-state index contributed by atoms with van der Waals surface area (Å²) in [6.45, 7) is 0.532. The van der Waals surface area contributed by atoms with E-state index in [9.17, 15) is 23.1 Å². The van der Waals surface area contributed by atoms with Crippen LogP contribution in [0.3, 0.4) is 0 Å². The molecule has 6 heteroatoms. The summed E-state index contributed by atoms with van der Waals surface area (Å²) in [5.41, 5.74) is 0. The van der Waals surface area contributed by atoms with Crippen LogP contribution >= 0.6 is 0 Å². The van der Waals surface area contributed by atoms with Gasteiger partial charge in [0.2, 0.25) is 5.91 Å². The fraction of sp³-hybridized carbons (Fsp3) is 0.929. The highest BCUT2D eigenvalue weighted by Crippen LogP contribution is 2.35. The minimum atomic E-state index is -4.28. The molecule has 1 N–H and O–H groups in total. The lowest BCUT2D eigenvalue weighted by atomic mass is 9.80. The van der Waals surface area contributed by atoms with Gasteiger partial charge in [0.25, 0.3) is 0 Å². The number of aliphatic hydroxyl groups excluding tert-OH is 1. The van der Waals surface area contributed by atoms with E-state index in [0.717, 1.165) is 38.5 Å². The molecule has 3 nitrogen and oxygen atoms in total. The summed E-state index contributed by atoms with van der Waals surface area (Å²) in [7, 11) is 0. The summed E-state index contributed by atoms with van der Waals surface area (Å²) in [5, 5.41) is 10.1. The lowest BCUT2D eigenvalue weighted by Crippen LogP contribution is -2.45. The van der Waals surface area contributed by atoms with Crippen LogP contribution in [0.4, 0.5) is 13.2 Å². The number of rotatable bonds is 3.